The Hall–Kier alpha value is -1.34. The Morgan fingerprint density at radius 2 is 1.92 bits per heavy atom. The van der Waals surface area contributed by atoms with Gasteiger partial charge in [-0.05, 0) is 58.2 Å². The van der Waals surface area contributed by atoms with Crippen molar-refractivity contribution in [3.8, 4) is 0 Å². The zero-order valence-corrected chi connectivity index (χ0v) is 15.8. The summed E-state index contributed by atoms with van der Waals surface area (Å²) in [5.74, 6) is 0.0205. The first-order valence-electron chi connectivity index (χ1n) is 9.63. The molecule has 0 aromatic rings. The Balaban J connectivity index is 1.61. The van der Waals surface area contributed by atoms with Gasteiger partial charge >= 0.3 is 12.0 Å². The third-order valence-electron chi connectivity index (χ3n) is 5.71. The minimum absolute atomic E-state index is 0.0754. The summed E-state index contributed by atoms with van der Waals surface area (Å²) in [7, 11) is 0. The van der Waals surface area contributed by atoms with E-state index in [0.717, 1.165) is 38.4 Å². The second-order valence-electron chi connectivity index (χ2n) is 7.70. The Kier molecular flexibility index (Phi) is 7.50. The van der Waals surface area contributed by atoms with Crippen LogP contribution in [0.3, 0.4) is 0 Å². The van der Waals surface area contributed by atoms with Crippen LogP contribution in [0.15, 0.2) is 0 Å². The summed E-state index contributed by atoms with van der Waals surface area (Å²) in [5.41, 5.74) is 0. The Labute approximate surface area is 151 Å². The molecular formula is C18H34N4O3. The molecule has 1 heterocycles. The number of hydrogen-bond donors (Lipinski definition) is 3. The summed E-state index contributed by atoms with van der Waals surface area (Å²) in [4.78, 5) is 27.3. The summed E-state index contributed by atoms with van der Waals surface area (Å²) in [6.07, 6.45) is 4.14. The summed E-state index contributed by atoms with van der Waals surface area (Å²) >= 11 is 0. The molecule has 0 spiro atoms. The zero-order valence-electron chi connectivity index (χ0n) is 15.8. The number of piperidine rings is 1. The van der Waals surface area contributed by atoms with E-state index < -0.39 is 5.97 Å². The summed E-state index contributed by atoms with van der Waals surface area (Å²) < 4.78 is 0. The van der Waals surface area contributed by atoms with E-state index in [1.54, 1.807) is 0 Å². The maximum Gasteiger partial charge on any atom is 0.317 e. The Morgan fingerprint density at radius 1 is 1.28 bits per heavy atom. The number of amides is 2. The van der Waals surface area contributed by atoms with Gasteiger partial charge < -0.3 is 15.7 Å². The molecule has 2 fully saturated rings. The number of carboxylic acids is 1. The fourth-order valence-electron chi connectivity index (χ4n) is 3.75. The lowest BCUT2D eigenvalue weighted by molar-refractivity contribution is -0.139. The molecule has 25 heavy (non-hydrogen) atoms. The second kappa shape index (κ2) is 9.38. The Bertz CT molecular complexity index is 446. The topological polar surface area (TPSA) is 84.9 Å². The van der Waals surface area contributed by atoms with Gasteiger partial charge in [-0.25, -0.2) is 4.79 Å². The lowest BCUT2D eigenvalue weighted by atomic mass is 9.85. The van der Waals surface area contributed by atoms with Crippen molar-refractivity contribution >= 4 is 12.0 Å². The average Bonchev–Trinajstić information content (AvgIpc) is 2.54. The largest absolute Gasteiger partial charge is 0.480 e. The van der Waals surface area contributed by atoms with E-state index in [9.17, 15) is 9.59 Å². The number of likely N-dealkylation sites (tertiary alicyclic amines) is 1. The number of rotatable bonds is 8. The van der Waals surface area contributed by atoms with Crippen molar-refractivity contribution in [3.63, 3.8) is 0 Å². The highest BCUT2D eigenvalue weighted by Gasteiger charge is 2.34. The van der Waals surface area contributed by atoms with Gasteiger partial charge in [0.1, 0.15) is 0 Å². The quantitative estimate of drug-likeness (QED) is 0.613. The molecule has 1 aliphatic carbocycles. The van der Waals surface area contributed by atoms with Crippen molar-refractivity contribution in [2.24, 2.45) is 5.92 Å². The van der Waals surface area contributed by atoms with E-state index in [2.05, 4.69) is 29.4 Å². The standard InChI is InChI=1S/C18H34N4O3/c1-4-21(12-17(23)24)16-9-15(10-16)20-18(25)19-11-14(3)22-7-5-13(2)6-8-22/h13-16H,4-12H2,1-3H3,(H,23,24)(H2,19,20,25). The first-order valence-corrected chi connectivity index (χ1v) is 9.63. The van der Waals surface area contributed by atoms with Crippen LogP contribution in [-0.2, 0) is 4.79 Å². The van der Waals surface area contributed by atoms with Crippen LogP contribution in [0.1, 0.15) is 46.5 Å². The van der Waals surface area contributed by atoms with Gasteiger partial charge in [0, 0.05) is 24.7 Å². The van der Waals surface area contributed by atoms with E-state index in [0.29, 0.717) is 12.6 Å². The third-order valence-corrected chi connectivity index (χ3v) is 5.71. The molecule has 1 unspecified atom stereocenters. The molecule has 7 nitrogen and oxygen atoms in total. The van der Waals surface area contributed by atoms with Crippen LogP contribution in [0.4, 0.5) is 4.79 Å². The molecule has 1 saturated heterocycles. The molecule has 1 atom stereocenters. The minimum Gasteiger partial charge on any atom is -0.480 e. The van der Waals surface area contributed by atoms with Gasteiger partial charge in [0.2, 0.25) is 0 Å². The van der Waals surface area contributed by atoms with E-state index in [-0.39, 0.29) is 24.7 Å². The predicted octanol–water partition coefficient (Wildman–Crippen LogP) is 1.34. The van der Waals surface area contributed by atoms with Crippen molar-refractivity contribution < 1.29 is 14.7 Å². The van der Waals surface area contributed by atoms with Crippen LogP contribution < -0.4 is 10.6 Å². The SMILES string of the molecule is CCN(CC(=O)O)C1CC(NC(=O)NCC(C)N2CCC(C)CC2)C1. The lowest BCUT2D eigenvalue weighted by Gasteiger charge is -2.42. The third kappa shape index (κ3) is 6.15. The first-order chi connectivity index (χ1) is 11.9. The number of urea groups is 1. The van der Waals surface area contributed by atoms with Gasteiger partial charge in [-0.15, -0.1) is 0 Å². The smallest absolute Gasteiger partial charge is 0.317 e. The molecule has 0 radical (unpaired) electrons. The second-order valence-corrected chi connectivity index (χ2v) is 7.70. The molecule has 2 aliphatic rings. The molecular weight excluding hydrogens is 320 g/mol. The maximum atomic E-state index is 12.1. The minimum atomic E-state index is -0.794. The van der Waals surface area contributed by atoms with Crippen molar-refractivity contribution in [1.82, 2.24) is 20.4 Å². The fraction of sp³-hybridized carbons (Fsp3) is 0.889. The molecule has 0 aromatic heterocycles. The van der Waals surface area contributed by atoms with Crippen molar-refractivity contribution in [2.75, 3.05) is 32.7 Å². The molecule has 0 aromatic carbocycles. The molecule has 2 rings (SSSR count). The van der Waals surface area contributed by atoms with Crippen molar-refractivity contribution in [3.05, 3.63) is 0 Å². The van der Waals surface area contributed by atoms with E-state index in [4.69, 9.17) is 5.11 Å². The molecule has 2 amide bonds. The number of hydrogen-bond acceptors (Lipinski definition) is 4. The normalized spacial score (nSPS) is 26.1. The van der Waals surface area contributed by atoms with Crippen LogP contribution in [0, 0.1) is 5.92 Å². The number of nitrogens with one attached hydrogen (secondary N) is 2. The van der Waals surface area contributed by atoms with Crippen LogP contribution in [0.2, 0.25) is 0 Å². The van der Waals surface area contributed by atoms with Gasteiger partial charge in [-0.3, -0.25) is 14.6 Å². The fourth-order valence-corrected chi connectivity index (χ4v) is 3.75. The molecule has 7 heteroatoms. The van der Waals surface area contributed by atoms with Crippen molar-refractivity contribution in [1.29, 1.82) is 0 Å². The zero-order chi connectivity index (χ0) is 18.4. The molecule has 3 N–H and O–H groups in total. The van der Waals surface area contributed by atoms with Gasteiger partial charge in [-0.1, -0.05) is 13.8 Å². The number of nitrogens with zero attached hydrogens (tertiary/aromatic N) is 2. The van der Waals surface area contributed by atoms with E-state index in [1.807, 2.05) is 11.8 Å². The van der Waals surface area contributed by atoms with Crippen LogP contribution in [0.25, 0.3) is 0 Å². The van der Waals surface area contributed by atoms with Gasteiger partial charge in [0.05, 0.1) is 6.54 Å². The molecule has 1 saturated carbocycles. The van der Waals surface area contributed by atoms with Crippen LogP contribution >= 0.6 is 0 Å². The number of carbonyl (C=O) groups excluding carboxylic acids is 1. The molecule has 144 valence electrons. The number of aliphatic carboxylic acids is 1. The number of likely N-dealkylation sites (N-methyl/N-ethyl adjacent to an activating group) is 1. The molecule has 0 bridgehead atoms. The van der Waals surface area contributed by atoms with Gasteiger partial charge in [0.25, 0.3) is 0 Å². The van der Waals surface area contributed by atoms with Crippen LogP contribution in [0.5, 0.6) is 0 Å². The lowest BCUT2D eigenvalue weighted by Crippen LogP contribution is -2.57. The Morgan fingerprint density at radius 3 is 2.48 bits per heavy atom. The summed E-state index contributed by atoms with van der Waals surface area (Å²) in [6, 6.07) is 0.667. The summed E-state index contributed by atoms with van der Waals surface area (Å²) in [6.45, 7) is 10.1. The highest BCUT2D eigenvalue weighted by atomic mass is 16.4. The highest BCUT2D eigenvalue weighted by Crippen LogP contribution is 2.25. The van der Waals surface area contributed by atoms with E-state index in [1.165, 1.54) is 12.8 Å². The molecule has 1 aliphatic heterocycles. The van der Waals surface area contributed by atoms with Crippen molar-refractivity contribution in [2.45, 2.75) is 64.6 Å². The van der Waals surface area contributed by atoms with E-state index >= 15 is 0 Å². The number of carboxylic acid groups (broad SMARTS) is 1. The number of carbonyl (C=O) groups is 2. The predicted molar refractivity (Wildman–Crippen MR) is 97.7 cm³/mol. The maximum absolute atomic E-state index is 12.1. The van der Waals surface area contributed by atoms with Crippen LogP contribution in [-0.4, -0.2) is 77.8 Å². The highest BCUT2D eigenvalue weighted by molar-refractivity contribution is 5.74. The monoisotopic (exact) mass is 354 g/mol. The van der Waals surface area contributed by atoms with Gasteiger partial charge in [-0.2, -0.15) is 0 Å². The average molecular weight is 354 g/mol. The first kappa shape index (κ1) is 20.0. The van der Waals surface area contributed by atoms with Gasteiger partial charge in [0.15, 0.2) is 0 Å². The summed E-state index contributed by atoms with van der Waals surface area (Å²) in [5, 5.41) is 14.9.